The molecule has 0 aliphatic rings. The third-order valence-electron chi connectivity index (χ3n) is 1.42. The molecule has 0 bridgehead atoms. The van der Waals surface area contributed by atoms with E-state index in [4.69, 9.17) is 5.14 Å². The normalized spacial score (nSPS) is 10.6. The molecule has 56 valence electrons. The Kier molecular flexibility index (Phi) is 1.81. The third kappa shape index (κ3) is 1.13. The second kappa shape index (κ2) is 2.81. The number of nitrogens with zero attached hydrogens (tertiary/aromatic N) is 1. The molecule has 0 radical (unpaired) electrons. The van der Waals surface area contributed by atoms with Gasteiger partial charge in [0, 0.05) is 11.6 Å². The topological polar surface area (TPSA) is 38.9 Å². The SMILES string of the molecule is NSc1csc2cccnc12. The van der Waals surface area contributed by atoms with E-state index in [9.17, 15) is 0 Å². The van der Waals surface area contributed by atoms with Crippen LogP contribution in [0.15, 0.2) is 28.6 Å². The van der Waals surface area contributed by atoms with Gasteiger partial charge in [0.2, 0.25) is 0 Å². The van der Waals surface area contributed by atoms with E-state index < -0.39 is 0 Å². The van der Waals surface area contributed by atoms with Crippen molar-refractivity contribution in [3.8, 4) is 0 Å². The van der Waals surface area contributed by atoms with E-state index in [2.05, 4.69) is 4.98 Å². The summed E-state index contributed by atoms with van der Waals surface area (Å²) >= 11 is 2.93. The molecule has 2 aromatic rings. The first-order valence-corrected chi connectivity index (χ1v) is 4.86. The molecule has 4 heteroatoms. The molecular formula is C7H6N2S2. The second-order valence-corrected chi connectivity index (χ2v) is 3.65. The van der Waals surface area contributed by atoms with Crippen LogP contribution in [0.4, 0.5) is 0 Å². The van der Waals surface area contributed by atoms with Crippen molar-refractivity contribution in [1.29, 1.82) is 0 Å². The number of nitrogens with two attached hydrogens (primary N) is 1. The van der Waals surface area contributed by atoms with Crippen LogP contribution >= 0.6 is 23.3 Å². The summed E-state index contributed by atoms with van der Waals surface area (Å²) in [4.78, 5) is 5.28. The largest absolute Gasteiger partial charge is 0.274 e. The van der Waals surface area contributed by atoms with Gasteiger partial charge in [0.25, 0.3) is 0 Å². The zero-order chi connectivity index (χ0) is 7.68. The van der Waals surface area contributed by atoms with Crippen molar-refractivity contribution >= 4 is 33.5 Å². The molecule has 0 saturated carbocycles. The molecule has 0 aliphatic carbocycles. The maximum Gasteiger partial charge on any atom is 0.0958 e. The summed E-state index contributed by atoms with van der Waals surface area (Å²) in [5.74, 6) is 0. The molecule has 2 heterocycles. The van der Waals surface area contributed by atoms with Crippen molar-refractivity contribution in [3.05, 3.63) is 23.7 Å². The highest BCUT2D eigenvalue weighted by molar-refractivity contribution is 7.97. The maximum absolute atomic E-state index is 5.44. The average molecular weight is 182 g/mol. The van der Waals surface area contributed by atoms with E-state index >= 15 is 0 Å². The summed E-state index contributed by atoms with van der Waals surface area (Å²) in [6.07, 6.45) is 1.79. The molecule has 2 aromatic heterocycles. The molecule has 11 heavy (non-hydrogen) atoms. The molecule has 0 aromatic carbocycles. The summed E-state index contributed by atoms with van der Waals surface area (Å²) in [7, 11) is 0. The average Bonchev–Trinajstić information content (AvgIpc) is 2.47. The van der Waals surface area contributed by atoms with Gasteiger partial charge in [-0.1, -0.05) is 0 Å². The van der Waals surface area contributed by atoms with Crippen LogP contribution in [0, 0.1) is 0 Å². The molecule has 0 unspecified atom stereocenters. The Hall–Kier alpha value is -0.580. The molecule has 0 fully saturated rings. The van der Waals surface area contributed by atoms with Crippen molar-refractivity contribution in [3.63, 3.8) is 0 Å². The molecule has 0 saturated heterocycles. The lowest BCUT2D eigenvalue weighted by molar-refractivity contribution is 1.38. The highest BCUT2D eigenvalue weighted by Crippen LogP contribution is 2.28. The summed E-state index contributed by atoms with van der Waals surface area (Å²) < 4.78 is 1.19. The van der Waals surface area contributed by atoms with Crippen LogP contribution in [0.25, 0.3) is 10.2 Å². The molecule has 0 amide bonds. The van der Waals surface area contributed by atoms with Gasteiger partial charge in [-0.3, -0.25) is 10.1 Å². The summed E-state index contributed by atoms with van der Waals surface area (Å²) in [5.41, 5.74) is 1.02. The van der Waals surface area contributed by atoms with Gasteiger partial charge in [-0.05, 0) is 24.1 Å². The molecule has 0 spiro atoms. The number of pyridine rings is 1. The van der Waals surface area contributed by atoms with E-state index in [0.29, 0.717) is 0 Å². The summed E-state index contributed by atoms with van der Waals surface area (Å²) in [6.45, 7) is 0. The van der Waals surface area contributed by atoms with Gasteiger partial charge in [0.05, 0.1) is 15.1 Å². The maximum atomic E-state index is 5.44. The van der Waals surface area contributed by atoms with Gasteiger partial charge in [-0.2, -0.15) is 0 Å². The highest BCUT2D eigenvalue weighted by Gasteiger charge is 2.01. The van der Waals surface area contributed by atoms with Gasteiger partial charge in [-0.15, -0.1) is 11.3 Å². The van der Waals surface area contributed by atoms with E-state index in [-0.39, 0.29) is 0 Å². The minimum Gasteiger partial charge on any atom is -0.274 e. The Labute approximate surface area is 72.6 Å². The quantitative estimate of drug-likeness (QED) is 0.687. The molecule has 0 atom stereocenters. The first-order chi connectivity index (χ1) is 5.42. The number of rotatable bonds is 1. The number of hydrogen-bond acceptors (Lipinski definition) is 4. The molecular weight excluding hydrogens is 176 g/mol. The van der Waals surface area contributed by atoms with Crippen molar-refractivity contribution in [2.75, 3.05) is 0 Å². The van der Waals surface area contributed by atoms with Gasteiger partial charge >= 0.3 is 0 Å². The summed E-state index contributed by atoms with van der Waals surface area (Å²) in [6, 6.07) is 3.98. The van der Waals surface area contributed by atoms with E-state index in [1.807, 2.05) is 17.5 Å². The van der Waals surface area contributed by atoms with E-state index in [1.165, 1.54) is 16.6 Å². The lowest BCUT2D eigenvalue weighted by Gasteiger charge is -1.89. The molecule has 0 aliphatic heterocycles. The standard InChI is InChI=1S/C7H6N2S2/c8-11-6-4-10-5-2-1-3-9-7(5)6/h1-4H,8H2. The van der Waals surface area contributed by atoms with Crippen LogP contribution < -0.4 is 5.14 Å². The van der Waals surface area contributed by atoms with Crippen LogP contribution in [0.5, 0.6) is 0 Å². The molecule has 2 nitrogen and oxygen atoms in total. The van der Waals surface area contributed by atoms with Crippen LogP contribution in [-0.4, -0.2) is 4.98 Å². The monoisotopic (exact) mass is 182 g/mol. The van der Waals surface area contributed by atoms with Crippen molar-refractivity contribution in [1.82, 2.24) is 4.98 Å². The Morgan fingerprint density at radius 3 is 3.27 bits per heavy atom. The fourth-order valence-electron chi connectivity index (χ4n) is 0.927. The third-order valence-corrected chi connectivity index (χ3v) is 3.08. The van der Waals surface area contributed by atoms with Gasteiger partial charge in [0.15, 0.2) is 0 Å². The number of fused-ring (bicyclic) bond motifs is 1. The Bertz CT molecular complexity index is 369. The lowest BCUT2D eigenvalue weighted by Crippen LogP contribution is -1.78. The summed E-state index contributed by atoms with van der Waals surface area (Å²) in [5, 5.41) is 7.47. The Balaban J connectivity index is 2.76. The number of aromatic nitrogens is 1. The van der Waals surface area contributed by atoms with Crippen molar-refractivity contribution in [2.24, 2.45) is 5.14 Å². The smallest absolute Gasteiger partial charge is 0.0958 e. The van der Waals surface area contributed by atoms with Crippen LogP contribution in [0.2, 0.25) is 0 Å². The van der Waals surface area contributed by atoms with Gasteiger partial charge in [-0.25, -0.2) is 0 Å². The lowest BCUT2D eigenvalue weighted by atomic mass is 10.4. The number of thiophene rings is 1. The Morgan fingerprint density at radius 1 is 1.55 bits per heavy atom. The fraction of sp³-hybridized carbons (Fsp3) is 0. The zero-order valence-corrected chi connectivity index (χ0v) is 7.28. The van der Waals surface area contributed by atoms with Crippen LogP contribution in [0.3, 0.4) is 0 Å². The number of hydrogen-bond donors (Lipinski definition) is 1. The van der Waals surface area contributed by atoms with Crippen LogP contribution in [0.1, 0.15) is 0 Å². The fourth-order valence-corrected chi connectivity index (χ4v) is 2.41. The van der Waals surface area contributed by atoms with Crippen molar-refractivity contribution in [2.45, 2.75) is 4.90 Å². The predicted molar refractivity (Wildman–Crippen MR) is 49.7 cm³/mol. The molecule has 2 N–H and O–H groups in total. The van der Waals surface area contributed by atoms with Gasteiger partial charge < -0.3 is 0 Å². The predicted octanol–water partition coefficient (Wildman–Crippen LogP) is 2.26. The molecule has 2 rings (SSSR count). The second-order valence-electron chi connectivity index (χ2n) is 2.07. The minimum absolute atomic E-state index is 1.02. The van der Waals surface area contributed by atoms with E-state index in [1.54, 1.807) is 17.5 Å². The zero-order valence-electron chi connectivity index (χ0n) is 5.65. The first kappa shape index (κ1) is 7.09. The van der Waals surface area contributed by atoms with E-state index in [0.717, 1.165) is 10.4 Å². The highest BCUT2D eigenvalue weighted by atomic mass is 32.2. The first-order valence-electron chi connectivity index (χ1n) is 3.11. The van der Waals surface area contributed by atoms with Crippen LogP contribution in [-0.2, 0) is 0 Å². The Morgan fingerprint density at radius 2 is 2.45 bits per heavy atom. The van der Waals surface area contributed by atoms with Crippen molar-refractivity contribution < 1.29 is 0 Å². The minimum atomic E-state index is 1.02. The van der Waals surface area contributed by atoms with Gasteiger partial charge in [0.1, 0.15) is 0 Å².